The van der Waals surface area contributed by atoms with Gasteiger partial charge in [-0.1, -0.05) is 70.2 Å². The third-order valence-electron chi connectivity index (χ3n) is 5.48. The van der Waals surface area contributed by atoms with Crippen LogP contribution in [0.2, 0.25) is 0 Å². The van der Waals surface area contributed by atoms with Gasteiger partial charge in [-0.2, -0.15) is 0 Å². The fourth-order valence-electron chi connectivity index (χ4n) is 3.63. The summed E-state index contributed by atoms with van der Waals surface area (Å²) in [4.78, 5) is 42.5. The van der Waals surface area contributed by atoms with Crippen molar-refractivity contribution in [1.82, 2.24) is 24.0 Å². The zero-order chi connectivity index (χ0) is 24.2. The smallest absolute Gasteiger partial charge is 0.332 e. The van der Waals surface area contributed by atoms with E-state index in [1.807, 2.05) is 54.6 Å². The molecule has 34 heavy (non-hydrogen) atoms. The zero-order valence-electron chi connectivity index (χ0n) is 18.8. The number of carbonyl (C=O) groups excluding carboxylic acids is 1. The van der Waals surface area contributed by atoms with E-state index in [2.05, 4.69) is 26.2 Å². The molecular formula is C24H24BrN5O3S. The van der Waals surface area contributed by atoms with Crippen LogP contribution in [-0.2, 0) is 31.9 Å². The van der Waals surface area contributed by atoms with Crippen molar-refractivity contribution in [1.29, 1.82) is 0 Å². The van der Waals surface area contributed by atoms with E-state index in [4.69, 9.17) is 0 Å². The van der Waals surface area contributed by atoms with Crippen molar-refractivity contribution in [3.63, 3.8) is 0 Å². The molecule has 10 heteroatoms. The van der Waals surface area contributed by atoms with Crippen LogP contribution in [0.3, 0.4) is 0 Å². The van der Waals surface area contributed by atoms with Crippen LogP contribution in [0, 0.1) is 0 Å². The highest BCUT2D eigenvalue weighted by atomic mass is 79.9. The molecule has 0 aliphatic heterocycles. The van der Waals surface area contributed by atoms with Gasteiger partial charge in [0.05, 0.1) is 12.3 Å². The molecule has 1 amide bonds. The third kappa shape index (κ3) is 5.18. The quantitative estimate of drug-likeness (QED) is 0.346. The van der Waals surface area contributed by atoms with E-state index in [1.54, 1.807) is 11.6 Å². The Balaban J connectivity index is 1.58. The summed E-state index contributed by atoms with van der Waals surface area (Å²) in [6.45, 7) is 0.920. The number of thioether (sulfide) groups is 1. The van der Waals surface area contributed by atoms with Gasteiger partial charge in [0.2, 0.25) is 5.91 Å². The van der Waals surface area contributed by atoms with Crippen LogP contribution in [0.5, 0.6) is 0 Å². The maximum Gasteiger partial charge on any atom is 0.332 e. The van der Waals surface area contributed by atoms with Crippen molar-refractivity contribution < 1.29 is 4.79 Å². The van der Waals surface area contributed by atoms with Crippen molar-refractivity contribution in [2.24, 2.45) is 14.1 Å². The third-order valence-corrected chi connectivity index (χ3v) is 6.98. The van der Waals surface area contributed by atoms with Crippen LogP contribution >= 0.6 is 27.7 Å². The Morgan fingerprint density at radius 1 is 1.00 bits per heavy atom. The van der Waals surface area contributed by atoms with E-state index in [-0.39, 0.29) is 11.7 Å². The maximum absolute atomic E-state index is 13.0. The number of aryl methyl sites for hydroxylation is 1. The fraction of sp³-hybridized carbons (Fsp3) is 0.250. The molecule has 4 rings (SSSR count). The second-order valence-electron chi connectivity index (χ2n) is 7.86. The normalized spacial score (nSPS) is 11.1. The van der Waals surface area contributed by atoms with E-state index in [0.29, 0.717) is 29.4 Å². The number of nitrogens with zero attached hydrogens (tertiary/aromatic N) is 4. The number of halogens is 1. The molecule has 0 spiro atoms. The van der Waals surface area contributed by atoms with Crippen LogP contribution in [-0.4, -0.2) is 36.9 Å². The van der Waals surface area contributed by atoms with Gasteiger partial charge < -0.3 is 9.88 Å². The van der Waals surface area contributed by atoms with Gasteiger partial charge in [-0.15, -0.1) is 0 Å². The topological polar surface area (TPSA) is 90.9 Å². The minimum Gasteiger partial charge on any atom is -0.355 e. The second kappa shape index (κ2) is 10.4. The van der Waals surface area contributed by atoms with Crippen LogP contribution < -0.4 is 16.6 Å². The standard InChI is InChI=1S/C24H24BrN5O3S/c1-28-21-20(22(32)29(2)24(28)33)30(14-17-8-10-18(25)11-9-17)23(27-21)34-15-19(31)26-13-12-16-6-4-3-5-7-16/h3-11H,12-15H2,1-2H3,(H,26,31). The summed E-state index contributed by atoms with van der Waals surface area (Å²) in [6, 6.07) is 17.7. The monoisotopic (exact) mass is 541 g/mol. The highest BCUT2D eigenvalue weighted by Crippen LogP contribution is 2.23. The number of amides is 1. The molecular weight excluding hydrogens is 518 g/mol. The van der Waals surface area contributed by atoms with Crippen molar-refractivity contribution in [3.05, 3.63) is 91.0 Å². The minimum atomic E-state index is -0.444. The number of aromatic nitrogens is 4. The molecule has 2 aromatic heterocycles. The largest absolute Gasteiger partial charge is 0.355 e. The average molecular weight is 542 g/mol. The number of rotatable bonds is 8. The molecule has 0 radical (unpaired) electrons. The molecule has 0 saturated heterocycles. The molecule has 2 heterocycles. The summed E-state index contributed by atoms with van der Waals surface area (Å²) in [5.74, 6) is 0.0251. The molecule has 176 valence electrons. The minimum absolute atomic E-state index is 0.120. The molecule has 0 bridgehead atoms. The van der Waals surface area contributed by atoms with Crippen molar-refractivity contribution >= 4 is 44.8 Å². The van der Waals surface area contributed by atoms with Crippen molar-refractivity contribution in [2.75, 3.05) is 12.3 Å². The SMILES string of the molecule is Cn1c(=O)c2c(nc(SCC(=O)NCCc3ccccc3)n2Cc2ccc(Br)cc2)n(C)c1=O. The van der Waals surface area contributed by atoms with Gasteiger partial charge in [-0.25, -0.2) is 9.78 Å². The zero-order valence-corrected chi connectivity index (χ0v) is 21.2. The molecule has 0 unspecified atom stereocenters. The Morgan fingerprint density at radius 2 is 1.71 bits per heavy atom. The first-order valence-electron chi connectivity index (χ1n) is 10.7. The van der Waals surface area contributed by atoms with Gasteiger partial charge >= 0.3 is 5.69 Å². The van der Waals surface area contributed by atoms with Crippen LogP contribution in [0.4, 0.5) is 0 Å². The lowest BCUT2D eigenvalue weighted by molar-refractivity contribution is -0.118. The molecule has 0 fully saturated rings. The van der Waals surface area contributed by atoms with Crippen LogP contribution in [0.1, 0.15) is 11.1 Å². The Kier molecular flexibility index (Phi) is 7.38. The summed E-state index contributed by atoms with van der Waals surface area (Å²) in [6.07, 6.45) is 0.747. The first kappa shape index (κ1) is 24.0. The van der Waals surface area contributed by atoms with Gasteiger partial charge in [0, 0.05) is 25.1 Å². The van der Waals surface area contributed by atoms with Crippen molar-refractivity contribution in [2.45, 2.75) is 18.1 Å². The predicted molar refractivity (Wildman–Crippen MR) is 137 cm³/mol. The molecule has 2 aromatic carbocycles. The molecule has 1 N–H and O–H groups in total. The fourth-order valence-corrected chi connectivity index (χ4v) is 4.72. The Morgan fingerprint density at radius 3 is 2.41 bits per heavy atom. The van der Waals surface area contributed by atoms with Gasteiger partial charge in [-0.05, 0) is 29.7 Å². The Bertz CT molecular complexity index is 1440. The van der Waals surface area contributed by atoms with Gasteiger partial charge in [0.1, 0.15) is 0 Å². The highest BCUT2D eigenvalue weighted by Gasteiger charge is 2.20. The van der Waals surface area contributed by atoms with Crippen LogP contribution in [0.25, 0.3) is 11.2 Å². The van der Waals surface area contributed by atoms with Gasteiger partial charge in [0.25, 0.3) is 5.56 Å². The molecule has 0 saturated carbocycles. The molecule has 0 aliphatic carbocycles. The number of nitrogens with one attached hydrogen (secondary N) is 1. The summed E-state index contributed by atoms with van der Waals surface area (Å²) < 4.78 is 5.17. The number of hydrogen-bond acceptors (Lipinski definition) is 5. The van der Waals surface area contributed by atoms with Crippen LogP contribution in [0.15, 0.2) is 73.8 Å². The highest BCUT2D eigenvalue weighted by molar-refractivity contribution is 9.10. The van der Waals surface area contributed by atoms with E-state index >= 15 is 0 Å². The predicted octanol–water partition coefficient (Wildman–Crippen LogP) is 2.70. The van der Waals surface area contributed by atoms with Gasteiger partial charge in [-0.3, -0.25) is 18.7 Å². The van der Waals surface area contributed by atoms with Crippen molar-refractivity contribution in [3.8, 4) is 0 Å². The Labute approximate surface area is 208 Å². The molecule has 8 nitrogen and oxygen atoms in total. The van der Waals surface area contributed by atoms with E-state index in [1.165, 1.54) is 23.4 Å². The molecule has 4 aromatic rings. The summed E-state index contributed by atoms with van der Waals surface area (Å²) in [5, 5.41) is 3.44. The lowest BCUT2D eigenvalue weighted by atomic mass is 10.1. The lowest BCUT2D eigenvalue weighted by Gasteiger charge is -2.10. The van der Waals surface area contributed by atoms with E-state index < -0.39 is 11.2 Å². The first-order valence-corrected chi connectivity index (χ1v) is 12.5. The second-order valence-corrected chi connectivity index (χ2v) is 9.72. The number of benzene rings is 2. The molecule has 0 atom stereocenters. The molecule has 0 aliphatic rings. The summed E-state index contributed by atoms with van der Waals surface area (Å²) in [5.41, 5.74) is 1.90. The summed E-state index contributed by atoms with van der Waals surface area (Å²) >= 11 is 4.68. The Hall–Kier alpha value is -3.11. The number of fused-ring (bicyclic) bond motifs is 1. The number of imidazole rings is 1. The maximum atomic E-state index is 13.0. The van der Waals surface area contributed by atoms with E-state index in [9.17, 15) is 14.4 Å². The first-order chi connectivity index (χ1) is 16.3. The van der Waals surface area contributed by atoms with E-state index in [0.717, 1.165) is 26.6 Å². The van der Waals surface area contributed by atoms with Gasteiger partial charge in [0.15, 0.2) is 16.3 Å². The number of carbonyl (C=O) groups is 1. The average Bonchev–Trinajstić information content (AvgIpc) is 3.20. The summed E-state index contributed by atoms with van der Waals surface area (Å²) in [7, 11) is 3.04. The lowest BCUT2D eigenvalue weighted by Crippen LogP contribution is -2.37. The number of hydrogen-bond donors (Lipinski definition) is 1.